The number of hydrogen-bond donors (Lipinski definition) is 1. The van der Waals surface area contributed by atoms with Gasteiger partial charge in [-0.15, -0.1) is 0 Å². The van der Waals surface area contributed by atoms with E-state index in [4.69, 9.17) is 11.6 Å². The Balaban J connectivity index is 2.39. The van der Waals surface area contributed by atoms with Gasteiger partial charge in [-0.3, -0.25) is 13.9 Å². The molecule has 2 amide bonds. The highest BCUT2D eigenvalue weighted by Crippen LogP contribution is 2.21. The molecule has 1 unspecified atom stereocenters. The highest BCUT2D eigenvalue weighted by molar-refractivity contribution is 7.92. The molecule has 0 aliphatic heterocycles. The van der Waals surface area contributed by atoms with Gasteiger partial charge in [-0.05, 0) is 43.2 Å². The van der Waals surface area contributed by atoms with Gasteiger partial charge in [-0.1, -0.05) is 48.9 Å². The molecular weight excluding hydrogens is 438 g/mol. The van der Waals surface area contributed by atoms with Gasteiger partial charge in [0.15, 0.2) is 0 Å². The molecule has 7 nitrogen and oxygen atoms in total. The highest BCUT2D eigenvalue weighted by Gasteiger charge is 2.31. The SMILES string of the molecule is CCNC(=O)C(CC)N(Cc1ccccc1)C(=O)CN(c1ccc(Cl)cc1)S(C)(=O)=O. The normalized spacial score (nSPS) is 12.1. The number of rotatable bonds is 10. The molecular formula is C22H28ClN3O4S. The van der Waals surface area contributed by atoms with Crippen molar-refractivity contribution in [1.82, 2.24) is 10.2 Å². The first-order valence-corrected chi connectivity index (χ1v) is 12.2. The Hall–Kier alpha value is -2.58. The number of nitrogens with zero attached hydrogens (tertiary/aromatic N) is 2. The van der Waals surface area contributed by atoms with E-state index in [1.807, 2.05) is 37.3 Å². The van der Waals surface area contributed by atoms with Crippen molar-refractivity contribution >= 4 is 39.1 Å². The molecule has 2 rings (SSSR count). The second-order valence-corrected chi connectivity index (χ2v) is 9.42. The molecule has 0 heterocycles. The lowest BCUT2D eigenvalue weighted by molar-refractivity contribution is -0.140. The number of hydrogen-bond acceptors (Lipinski definition) is 4. The van der Waals surface area contributed by atoms with Crippen molar-refractivity contribution in [1.29, 1.82) is 0 Å². The van der Waals surface area contributed by atoms with Gasteiger partial charge in [0.1, 0.15) is 12.6 Å². The average molecular weight is 466 g/mol. The Morgan fingerprint density at radius 2 is 1.65 bits per heavy atom. The minimum absolute atomic E-state index is 0.188. The molecule has 2 aromatic rings. The van der Waals surface area contributed by atoms with E-state index in [0.717, 1.165) is 16.1 Å². The smallest absolute Gasteiger partial charge is 0.244 e. The summed E-state index contributed by atoms with van der Waals surface area (Å²) in [5, 5.41) is 3.21. The van der Waals surface area contributed by atoms with E-state index in [-0.39, 0.29) is 12.5 Å². The van der Waals surface area contributed by atoms with Gasteiger partial charge >= 0.3 is 0 Å². The summed E-state index contributed by atoms with van der Waals surface area (Å²) >= 11 is 5.91. The first kappa shape index (κ1) is 24.7. The zero-order valence-corrected chi connectivity index (χ0v) is 19.5. The van der Waals surface area contributed by atoms with Crippen molar-refractivity contribution in [2.75, 3.05) is 23.7 Å². The summed E-state index contributed by atoms with van der Waals surface area (Å²) in [7, 11) is -3.75. The fourth-order valence-corrected chi connectivity index (χ4v) is 4.19. The summed E-state index contributed by atoms with van der Waals surface area (Å²) < 4.78 is 25.9. The standard InChI is InChI=1S/C22H28ClN3O4S/c1-4-20(22(28)24-5-2)25(15-17-9-7-6-8-10-17)21(27)16-26(31(3,29)30)19-13-11-18(23)12-14-19/h6-14,20H,4-5,15-16H2,1-3H3,(H,24,28). The van der Waals surface area contributed by atoms with Crippen LogP contribution in [0.15, 0.2) is 54.6 Å². The van der Waals surface area contributed by atoms with Gasteiger partial charge in [-0.25, -0.2) is 8.42 Å². The number of nitrogens with one attached hydrogen (secondary N) is 1. The summed E-state index contributed by atoms with van der Waals surface area (Å²) in [6, 6.07) is 14.8. The summed E-state index contributed by atoms with van der Waals surface area (Å²) in [6.07, 6.45) is 1.43. The molecule has 0 saturated heterocycles. The van der Waals surface area contributed by atoms with Gasteiger partial charge in [-0.2, -0.15) is 0 Å². The summed E-state index contributed by atoms with van der Waals surface area (Å²) in [6.45, 7) is 3.82. The number of amides is 2. The number of likely N-dealkylation sites (N-methyl/N-ethyl adjacent to an activating group) is 1. The monoisotopic (exact) mass is 465 g/mol. The molecule has 0 saturated carbocycles. The third kappa shape index (κ3) is 6.97. The number of carbonyl (C=O) groups is 2. The molecule has 168 valence electrons. The lowest BCUT2D eigenvalue weighted by Gasteiger charge is -2.32. The van der Waals surface area contributed by atoms with Gasteiger partial charge in [0.25, 0.3) is 0 Å². The lowest BCUT2D eigenvalue weighted by atomic mass is 10.1. The van der Waals surface area contributed by atoms with Crippen LogP contribution in [0, 0.1) is 0 Å². The van der Waals surface area contributed by atoms with E-state index in [2.05, 4.69) is 5.32 Å². The summed E-state index contributed by atoms with van der Waals surface area (Å²) in [5.74, 6) is -0.742. The van der Waals surface area contributed by atoms with Crippen LogP contribution in [0.2, 0.25) is 5.02 Å². The number of sulfonamides is 1. The Morgan fingerprint density at radius 1 is 1.03 bits per heavy atom. The molecule has 9 heteroatoms. The van der Waals surface area contributed by atoms with E-state index in [0.29, 0.717) is 23.7 Å². The van der Waals surface area contributed by atoms with Gasteiger partial charge in [0.2, 0.25) is 21.8 Å². The topological polar surface area (TPSA) is 86.8 Å². The Kier molecular flexibility index (Phi) is 8.88. The Morgan fingerprint density at radius 3 is 2.16 bits per heavy atom. The average Bonchev–Trinajstić information content (AvgIpc) is 2.72. The zero-order valence-electron chi connectivity index (χ0n) is 17.9. The van der Waals surface area contributed by atoms with Gasteiger partial charge < -0.3 is 10.2 Å². The molecule has 1 N–H and O–H groups in total. The van der Waals surface area contributed by atoms with Crippen molar-refractivity contribution in [3.8, 4) is 0 Å². The van der Waals surface area contributed by atoms with Crippen LogP contribution >= 0.6 is 11.6 Å². The number of benzene rings is 2. The van der Waals surface area contributed by atoms with Crippen LogP contribution in [-0.4, -0.2) is 50.5 Å². The van der Waals surface area contributed by atoms with Crippen LogP contribution in [0.3, 0.4) is 0 Å². The van der Waals surface area contributed by atoms with Crippen LogP contribution in [0.4, 0.5) is 5.69 Å². The van der Waals surface area contributed by atoms with Crippen LogP contribution in [-0.2, 0) is 26.2 Å². The lowest BCUT2D eigenvalue weighted by Crippen LogP contribution is -2.52. The molecule has 0 radical (unpaired) electrons. The maximum absolute atomic E-state index is 13.4. The van der Waals surface area contributed by atoms with Gasteiger partial charge in [0, 0.05) is 18.1 Å². The number of halogens is 1. The molecule has 0 aliphatic carbocycles. The summed E-state index contributed by atoms with van der Waals surface area (Å²) in [5.41, 5.74) is 1.17. The fourth-order valence-electron chi connectivity index (χ4n) is 3.21. The first-order valence-electron chi connectivity index (χ1n) is 10.0. The molecule has 0 fully saturated rings. The van der Waals surface area contributed by atoms with E-state index in [9.17, 15) is 18.0 Å². The third-order valence-corrected chi connectivity index (χ3v) is 6.12. The van der Waals surface area contributed by atoms with Gasteiger partial charge in [0.05, 0.1) is 11.9 Å². The Labute approximate surface area is 189 Å². The van der Waals surface area contributed by atoms with Crippen LogP contribution in [0.1, 0.15) is 25.8 Å². The second-order valence-electron chi connectivity index (χ2n) is 7.07. The second kappa shape index (κ2) is 11.2. The van der Waals surface area contributed by atoms with E-state index in [1.165, 1.54) is 4.90 Å². The van der Waals surface area contributed by atoms with Crippen molar-refractivity contribution in [3.05, 3.63) is 65.2 Å². The number of anilines is 1. The molecule has 0 bridgehead atoms. The van der Waals surface area contributed by atoms with Crippen LogP contribution in [0.25, 0.3) is 0 Å². The van der Waals surface area contributed by atoms with Crippen molar-refractivity contribution in [2.45, 2.75) is 32.9 Å². The molecule has 0 aliphatic rings. The van der Waals surface area contributed by atoms with Crippen molar-refractivity contribution in [2.24, 2.45) is 0 Å². The van der Waals surface area contributed by atoms with E-state index < -0.39 is 28.5 Å². The molecule has 2 aromatic carbocycles. The third-order valence-electron chi connectivity index (χ3n) is 4.73. The number of carbonyl (C=O) groups excluding carboxylic acids is 2. The zero-order chi connectivity index (χ0) is 23.0. The van der Waals surface area contributed by atoms with E-state index >= 15 is 0 Å². The molecule has 31 heavy (non-hydrogen) atoms. The predicted molar refractivity (Wildman–Crippen MR) is 123 cm³/mol. The Bertz CT molecular complexity index is 982. The fraction of sp³-hybridized carbons (Fsp3) is 0.364. The maximum atomic E-state index is 13.4. The van der Waals surface area contributed by atoms with Crippen molar-refractivity contribution in [3.63, 3.8) is 0 Å². The van der Waals surface area contributed by atoms with Crippen LogP contribution < -0.4 is 9.62 Å². The first-order chi connectivity index (χ1) is 14.7. The quantitative estimate of drug-likeness (QED) is 0.584. The molecule has 1 atom stereocenters. The molecule has 0 aromatic heterocycles. The highest BCUT2D eigenvalue weighted by atomic mass is 35.5. The predicted octanol–water partition coefficient (Wildman–Crippen LogP) is 3.05. The van der Waals surface area contributed by atoms with Crippen molar-refractivity contribution < 1.29 is 18.0 Å². The largest absolute Gasteiger partial charge is 0.355 e. The molecule has 0 spiro atoms. The van der Waals surface area contributed by atoms with Crippen LogP contribution in [0.5, 0.6) is 0 Å². The van der Waals surface area contributed by atoms with E-state index in [1.54, 1.807) is 31.2 Å². The maximum Gasteiger partial charge on any atom is 0.244 e. The summed E-state index contributed by atoms with van der Waals surface area (Å²) in [4.78, 5) is 27.5. The minimum Gasteiger partial charge on any atom is -0.355 e. The minimum atomic E-state index is -3.75.